The number of aromatic nitrogens is 3. The van der Waals surface area contributed by atoms with E-state index in [9.17, 15) is 0 Å². The highest BCUT2D eigenvalue weighted by Gasteiger charge is 2.20. The van der Waals surface area contributed by atoms with Gasteiger partial charge in [0.25, 0.3) is 0 Å². The topological polar surface area (TPSA) is 94.7 Å². The summed E-state index contributed by atoms with van der Waals surface area (Å²) in [6.07, 6.45) is 3.63. The van der Waals surface area contributed by atoms with Crippen molar-refractivity contribution in [2.75, 3.05) is 55.3 Å². The van der Waals surface area contributed by atoms with E-state index in [1.807, 2.05) is 36.4 Å². The van der Waals surface area contributed by atoms with Crippen LogP contribution in [0.2, 0.25) is 0 Å². The monoisotopic (exact) mass is 430 g/mol. The molecular weight excluding hydrogens is 404 g/mol. The Morgan fingerprint density at radius 3 is 2.53 bits per heavy atom. The van der Waals surface area contributed by atoms with Crippen molar-refractivity contribution in [3.63, 3.8) is 0 Å². The van der Waals surface area contributed by atoms with Crippen LogP contribution in [0.1, 0.15) is 11.3 Å². The Bertz CT molecular complexity index is 1100. The van der Waals surface area contributed by atoms with Crippen LogP contribution in [0.25, 0.3) is 5.57 Å². The molecule has 2 aliphatic heterocycles. The third kappa shape index (κ3) is 4.78. The number of piperazine rings is 1. The molecular formula is C23H26N8O. The van der Waals surface area contributed by atoms with Gasteiger partial charge < -0.3 is 24.9 Å². The van der Waals surface area contributed by atoms with Crippen LogP contribution in [0.3, 0.4) is 0 Å². The Balaban J connectivity index is 1.36. The second-order valence-corrected chi connectivity index (χ2v) is 7.89. The summed E-state index contributed by atoms with van der Waals surface area (Å²) < 4.78 is 5.48. The summed E-state index contributed by atoms with van der Waals surface area (Å²) in [5.74, 6) is 3.21. The quantitative estimate of drug-likeness (QED) is 0.617. The van der Waals surface area contributed by atoms with Gasteiger partial charge in [0.05, 0.1) is 12.8 Å². The molecule has 0 unspecified atom stereocenters. The maximum absolute atomic E-state index is 5.48. The van der Waals surface area contributed by atoms with Crippen molar-refractivity contribution in [3.05, 3.63) is 66.1 Å². The zero-order valence-electron chi connectivity index (χ0n) is 18.0. The molecule has 0 bridgehead atoms. The van der Waals surface area contributed by atoms with E-state index in [1.54, 1.807) is 6.26 Å². The van der Waals surface area contributed by atoms with E-state index in [2.05, 4.69) is 54.6 Å². The van der Waals surface area contributed by atoms with Crippen molar-refractivity contribution in [3.8, 4) is 0 Å². The highest BCUT2D eigenvalue weighted by molar-refractivity contribution is 6.09. The zero-order valence-corrected chi connectivity index (χ0v) is 18.0. The second-order valence-electron chi connectivity index (χ2n) is 7.89. The predicted octanol–water partition coefficient (Wildman–Crippen LogP) is 2.74. The number of rotatable bonds is 6. The maximum Gasteiger partial charge on any atom is 0.234 e. The number of nitrogens with one attached hydrogen (secondary N) is 2. The highest BCUT2D eigenvalue weighted by atomic mass is 16.3. The third-order valence-electron chi connectivity index (χ3n) is 5.51. The van der Waals surface area contributed by atoms with Crippen molar-refractivity contribution >= 4 is 29.3 Å². The minimum absolute atomic E-state index is 0.472. The molecule has 9 heteroatoms. The molecule has 164 valence electrons. The van der Waals surface area contributed by atoms with Crippen LogP contribution in [0.5, 0.6) is 0 Å². The molecule has 0 radical (unpaired) electrons. The summed E-state index contributed by atoms with van der Waals surface area (Å²) in [4.78, 5) is 23.0. The summed E-state index contributed by atoms with van der Waals surface area (Å²) in [6, 6.07) is 14.0. The number of benzene rings is 1. The number of likely N-dealkylation sites (N-methyl/N-ethyl adjacent to an activating group) is 1. The molecule has 9 nitrogen and oxygen atoms in total. The first kappa shape index (κ1) is 20.2. The van der Waals surface area contributed by atoms with E-state index in [0.717, 1.165) is 43.1 Å². The molecule has 3 aromatic rings. The summed E-state index contributed by atoms with van der Waals surface area (Å²) in [5.41, 5.74) is 2.18. The van der Waals surface area contributed by atoms with Crippen molar-refractivity contribution in [1.29, 1.82) is 0 Å². The van der Waals surface area contributed by atoms with Crippen LogP contribution in [0, 0.1) is 0 Å². The molecule has 1 fully saturated rings. The smallest absolute Gasteiger partial charge is 0.234 e. The largest absolute Gasteiger partial charge is 0.465 e. The number of anilines is 3. The lowest BCUT2D eigenvalue weighted by Gasteiger charge is -2.32. The number of aliphatic imine (C=N–C) groups is 1. The maximum atomic E-state index is 5.48. The van der Waals surface area contributed by atoms with Crippen molar-refractivity contribution in [2.45, 2.75) is 6.54 Å². The molecule has 2 aliphatic rings. The summed E-state index contributed by atoms with van der Waals surface area (Å²) in [5, 5.41) is 6.59. The van der Waals surface area contributed by atoms with E-state index in [0.29, 0.717) is 36.8 Å². The molecule has 0 aliphatic carbocycles. The van der Waals surface area contributed by atoms with Gasteiger partial charge in [-0.1, -0.05) is 30.3 Å². The highest BCUT2D eigenvalue weighted by Crippen LogP contribution is 2.21. The lowest BCUT2D eigenvalue weighted by molar-refractivity contribution is 0.311. The van der Waals surface area contributed by atoms with E-state index < -0.39 is 0 Å². The molecule has 4 heterocycles. The van der Waals surface area contributed by atoms with Crippen LogP contribution >= 0.6 is 0 Å². The third-order valence-corrected chi connectivity index (χ3v) is 5.51. The Morgan fingerprint density at radius 1 is 0.938 bits per heavy atom. The lowest BCUT2D eigenvalue weighted by Crippen LogP contribution is -2.45. The van der Waals surface area contributed by atoms with Gasteiger partial charge in [0.1, 0.15) is 11.6 Å². The normalized spacial score (nSPS) is 16.6. The van der Waals surface area contributed by atoms with Gasteiger partial charge in [-0.15, -0.1) is 0 Å². The molecule has 2 aromatic heterocycles. The molecule has 0 saturated carbocycles. The fourth-order valence-electron chi connectivity index (χ4n) is 3.65. The number of amidine groups is 1. The van der Waals surface area contributed by atoms with Crippen LogP contribution < -0.4 is 15.5 Å². The summed E-state index contributed by atoms with van der Waals surface area (Å²) in [7, 11) is 2.13. The van der Waals surface area contributed by atoms with Crippen LogP contribution in [0.15, 0.2) is 64.2 Å². The Morgan fingerprint density at radius 2 is 1.75 bits per heavy atom. The van der Waals surface area contributed by atoms with E-state index in [4.69, 9.17) is 9.40 Å². The molecule has 32 heavy (non-hydrogen) atoms. The van der Waals surface area contributed by atoms with E-state index in [1.165, 1.54) is 0 Å². The molecule has 0 spiro atoms. The van der Waals surface area contributed by atoms with Gasteiger partial charge in [-0.3, -0.25) is 4.99 Å². The summed E-state index contributed by atoms with van der Waals surface area (Å²) >= 11 is 0. The standard InChI is InChI=1S/C23H26N8O/c1-30-9-11-31(12-10-30)23-28-21(25-15-17-6-3-2-4-7-17)27-22(29-23)26-20-14-18(16-24-20)19-8-5-13-32-19/h2-8,13-14H,9-12,15-16H2,1H3,(H2,24,25,26,27,28,29). The van der Waals surface area contributed by atoms with Crippen molar-refractivity contribution < 1.29 is 4.42 Å². The predicted molar refractivity (Wildman–Crippen MR) is 126 cm³/mol. The Labute approximate surface area is 186 Å². The SMILES string of the molecule is CN1CCN(c2nc(NCc3ccccc3)nc(NC3=NCC(c4ccco4)=C3)n2)CC1. The molecule has 2 N–H and O–H groups in total. The van der Waals surface area contributed by atoms with E-state index in [-0.39, 0.29) is 0 Å². The van der Waals surface area contributed by atoms with Crippen LogP contribution in [-0.4, -0.2) is 65.5 Å². The molecule has 1 saturated heterocycles. The zero-order chi connectivity index (χ0) is 21.8. The van der Waals surface area contributed by atoms with Gasteiger partial charge in [0, 0.05) is 38.3 Å². The van der Waals surface area contributed by atoms with Gasteiger partial charge >= 0.3 is 0 Å². The minimum atomic E-state index is 0.472. The first-order valence-corrected chi connectivity index (χ1v) is 10.8. The molecule has 0 amide bonds. The fourth-order valence-corrected chi connectivity index (χ4v) is 3.65. The van der Waals surface area contributed by atoms with Gasteiger partial charge in [-0.25, -0.2) is 0 Å². The van der Waals surface area contributed by atoms with Gasteiger partial charge in [-0.2, -0.15) is 15.0 Å². The number of hydrogen-bond acceptors (Lipinski definition) is 9. The lowest BCUT2D eigenvalue weighted by atomic mass is 10.2. The number of hydrogen-bond donors (Lipinski definition) is 2. The molecule has 0 atom stereocenters. The van der Waals surface area contributed by atoms with Crippen molar-refractivity contribution in [1.82, 2.24) is 19.9 Å². The summed E-state index contributed by atoms with van der Waals surface area (Å²) in [6.45, 7) is 4.90. The first-order chi connectivity index (χ1) is 15.7. The average molecular weight is 431 g/mol. The van der Waals surface area contributed by atoms with Gasteiger partial charge in [0.15, 0.2) is 0 Å². The molecule has 5 rings (SSSR count). The number of furan rings is 1. The van der Waals surface area contributed by atoms with Gasteiger partial charge in [0.2, 0.25) is 17.8 Å². The minimum Gasteiger partial charge on any atom is -0.465 e. The number of nitrogens with zero attached hydrogens (tertiary/aromatic N) is 6. The molecule has 1 aromatic carbocycles. The fraction of sp³-hybridized carbons (Fsp3) is 0.304. The van der Waals surface area contributed by atoms with Crippen LogP contribution in [0.4, 0.5) is 17.8 Å². The first-order valence-electron chi connectivity index (χ1n) is 10.8. The Hall–Kier alpha value is -3.72. The van der Waals surface area contributed by atoms with Crippen molar-refractivity contribution in [2.24, 2.45) is 4.99 Å². The average Bonchev–Trinajstić information content (AvgIpc) is 3.51. The van der Waals surface area contributed by atoms with Crippen LogP contribution in [-0.2, 0) is 6.54 Å². The van der Waals surface area contributed by atoms with Gasteiger partial charge in [-0.05, 0) is 30.8 Å². The second kappa shape index (κ2) is 9.19. The van der Waals surface area contributed by atoms with E-state index >= 15 is 0 Å². The Kier molecular flexibility index (Phi) is 5.80.